The largest absolute Gasteiger partial charge is 0.355 e. The number of nitrogens with one attached hydrogen (secondary N) is 3. The van der Waals surface area contributed by atoms with Crippen molar-refractivity contribution in [3.05, 3.63) is 0 Å². The summed E-state index contributed by atoms with van der Waals surface area (Å²) in [7, 11) is -1.52. The molecule has 0 spiro atoms. The van der Waals surface area contributed by atoms with Crippen molar-refractivity contribution in [3.63, 3.8) is 0 Å². The maximum atomic E-state index is 12.0. The summed E-state index contributed by atoms with van der Waals surface area (Å²) in [5, 5.41) is 6.32. The van der Waals surface area contributed by atoms with Gasteiger partial charge in [-0.05, 0) is 46.5 Å². The number of guanidine groups is 1. The van der Waals surface area contributed by atoms with E-state index in [1.54, 1.807) is 7.05 Å². The molecule has 0 amide bonds. The highest BCUT2D eigenvalue weighted by molar-refractivity contribution is 7.89. The van der Waals surface area contributed by atoms with E-state index in [1.165, 1.54) is 6.42 Å². The summed E-state index contributed by atoms with van der Waals surface area (Å²) < 4.78 is 26.7. The Kier molecular flexibility index (Phi) is 9.74. The number of nitrogens with zero attached hydrogens (tertiary/aromatic N) is 2. The highest BCUT2D eigenvalue weighted by Crippen LogP contribution is 2.25. The van der Waals surface area contributed by atoms with Crippen LogP contribution in [0.25, 0.3) is 0 Å². The Morgan fingerprint density at radius 1 is 1.12 bits per heavy atom. The smallest absolute Gasteiger partial charge is 0.213 e. The van der Waals surface area contributed by atoms with E-state index in [4.69, 9.17) is 0 Å². The van der Waals surface area contributed by atoms with Crippen LogP contribution in [0.3, 0.4) is 0 Å². The molecule has 0 saturated heterocycles. The Labute approximate surface area is 154 Å². The fourth-order valence-corrected chi connectivity index (χ4v) is 3.96. The zero-order valence-corrected chi connectivity index (χ0v) is 17.3. The quantitative estimate of drug-likeness (QED) is 0.370. The van der Waals surface area contributed by atoms with Crippen LogP contribution < -0.4 is 15.4 Å². The monoisotopic (exact) mass is 375 g/mol. The van der Waals surface area contributed by atoms with Crippen molar-refractivity contribution < 1.29 is 8.42 Å². The van der Waals surface area contributed by atoms with Crippen molar-refractivity contribution in [1.82, 2.24) is 20.3 Å². The number of rotatable bonds is 11. The first-order chi connectivity index (χ1) is 11.7. The SMILES string of the molecule is CN=C(NCCN(C(C)C)C(C)C)NCCS(=O)(=O)NCC1CCC1. The van der Waals surface area contributed by atoms with Crippen LogP contribution in [-0.2, 0) is 10.0 Å². The van der Waals surface area contributed by atoms with Gasteiger partial charge in [-0.25, -0.2) is 13.1 Å². The van der Waals surface area contributed by atoms with E-state index >= 15 is 0 Å². The minimum absolute atomic E-state index is 0.0601. The summed E-state index contributed by atoms with van der Waals surface area (Å²) >= 11 is 0. The van der Waals surface area contributed by atoms with E-state index in [9.17, 15) is 8.42 Å². The lowest BCUT2D eigenvalue weighted by molar-refractivity contribution is 0.178. The third-order valence-electron chi connectivity index (χ3n) is 4.69. The van der Waals surface area contributed by atoms with E-state index in [0.717, 1.165) is 25.9 Å². The van der Waals surface area contributed by atoms with Crippen LogP contribution in [-0.4, -0.2) is 70.3 Å². The van der Waals surface area contributed by atoms with Crippen molar-refractivity contribution in [1.29, 1.82) is 0 Å². The second-order valence-electron chi connectivity index (χ2n) is 7.32. The Balaban J connectivity index is 2.24. The number of hydrogen-bond acceptors (Lipinski definition) is 4. The lowest BCUT2D eigenvalue weighted by Crippen LogP contribution is -2.46. The summed E-state index contributed by atoms with van der Waals surface area (Å²) in [4.78, 5) is 6.55. The molecule has 0 radical (unpaired) electrons. The molecule has 25 heavy (non-hydrogen) atoms. The first kappa shape index (κ1) is 22.2. The van der Waals surface area contributed by atoms with E-state index < -0.39 is 10.0 Å². The van der Waals surface area contributed by atoms with Gasteiger partial charge in [0.2, 0.25) is 10.0 Å². The van der Waals surface area contributed by atoms with E-state index in [2.05, 4.69) is 52.9 Å². The molecule has 7 nitrogen and oxygen atoms in total. The number of sulfonamides is 1. The summed E-state index contributed by atoms with van der Waals surface area (Å²) in [6.07, 6.45) is 3.50. The Morgan fingerprint density at radius 2 is 1.72 bits per heavy atom. The molecule has 1 aliphatic carbocycles. The normalized spacial score (nSPS) is 16.6. The molecule has 148 valence electrons. The van der Waals surface area contributed by atoms with Gasteiger partial charge < -0.3 is 10.6 Å². The molecular formula is C17H37N5O2S. The highest BCUT2D eigenvalue weighted by Gasteiger charge is 2.20. The van der Waals surface area contributed by atoms with E-state index in [0.29, 0.717) is 37.1 Å². The Morgan fingerprint density at radius 3 is 2.20 bits per heavy atom. The topological polar surface area (TPSA) is 85.8 Å². The fraction of sp³-hybridized carbons (Fsp3) is 0.941. The molecule has 1 saturated carbocycles. The second kappa shape index (κ2) is 11.0. The fourth-order valence-electron chi connectivity index (χ4n) is 2.95. The maximum Gasteiger partial charge on any atom is 0.213 e. The molecular weight excluding hydrogens is 338 g/mol. The summed E-state index contributed by atoms with van der Waals surface area (Å²) in [5.74, 6) is 1.23. The van der Waals surface area contributed by atoms with Gasteiger partial charge >= 0.3 is 0 Å². The Hall–Kier alpha value is -0.860. The molecule has 0 atom stereocenters. The summed E-state index contributed by atoms with van der Waals surface area (Å²) in [5.41, 5.74) is 0. The maximum absolute atomic E-state index is 12.0. The van der Waals surface area contributed by atoms with Crippen molar-refractivity contribution in [3.8, 4) is 0 Å². The molecule has 1 rings (SSSR count). The molecule has 1 aliphatic rings. The highest BCUT2D eigenvalue weighted by atomic mass is 32.2. The predicted octanol–water partition coefficient (Wildman–Crippen LogP) is 0.990. The minimum Gasteiger partial charge on any atom is -0.355 e. The second-order valence-corrected chi connectivity index (χ2v) is 9.24. The van der Waals surface area contributed by atoms with Crippen molar-refractivity contribution in [2.24, 2.45) is 10.9 Å². The molecule has 3 N–H and O–H groups in total. The average molecular weight is 376 g/mol. The molecule has 0 aromatic heterocycles. The molecule has 0 heterocycles. The van der Waals surface area contributed by atoms with Gasteiger partial charge in [-0.15, -0.1) is 0 Å². The summed E-state index contributed by atoms with van der Waals surface area (Å²) in [6, 6.07) is 0.979. The lowest BCUT2D eigenvalue weighted by Gasteiger charge is -2.30. The van der Waals surface area contributed by atoms with Gasteiger partial charge in [0.1, 0.15) is 0 Å². The van der Waals surface area contributed by atoms with Crippen LogP contribution in [0, 0.1) is 5.92 Å². The molecule has 0 aromatic carbocycles. The van der Waals surface area contributed by atoms with Gasteiger partial charge in [-0.3, -0.25) is 9.89 Å². The van der Waals surface area contributed by atoms with Gasteiger partial charge in [0, 0.05) is 45.3 Å². The molecule has 0 aromatic rings. The van der Waals surface area contributed by atoms with Gasteiger partial charge in [0.05, 0.1) is 5.75 Å². The zero-order chi connectivity index (χ0) is 18.9. The number of hydrogen-bond donors (Lipinski definition) is 3. The van der Waals surface area contributed by atoms with Crippen LogP contribution in [0.4, 0.5) is 0 Å². The first-order valence-electron chi connectivity index (χ1n) is 9.42. The molecule has 0 aliphatic heterocycles. The van der Waals surface area contributed by atoms with E-state index in [-0.39, 0.29) is 5.75 Å². The van der Waals surface area contributed by atoms with Crippen LogP contribution in [0.1, 0.15) is 47.0 Å². The minimum atomic E-state index is -3.22. The molecule has 0 bridgehead atoms. The number of aliphatic imine (C=N–C) groups is 1. The standard InChI is InChI=1S/C17H37N5O2S/c1-14(2)22(15(3)4)11-9-19-17(18-5)20-10-12-25(23,24)21-13-16-7-6-8-16/h14-16,21H,6-13H2,1-5H3,(H2,18,19,20). The Bertz CT molecular complexity index is 493. The predicted molar refractivity (Wildman–Crippen MR) is 105 cm³/mol. The lowest BCUT2D eigenvalue weighted by atomic mass is 9.86. The van der Waals surface area contributed by atoms with Crippen LogP contribution in [0.5, 0.6) is 0 Å². The van der Waals surface area contributed by atoms with Crippen LogP contribution in [0.15, 0.2) is 4.99 Å². The third-order valence-corrected chi connectivity index (χ3v) is 6.04. The van der Waals surface area contributed by atoms with Crippen LogP contribution >= 0.6 is 0 Å². The van der Waals surface area contributed by atoms with Gasteiger partial charge in [0.15, 0.2) is 5.96 Å². The van der Waals surface area contributed by atoms with Gasteiger partial charge in [-0.2, -0.15) is 0 Å². The van der Waals surface area contributed by atoms with E-state index in [1.807, 2.05) is 0 Å². The van der Waals surface area contributed by atoms with Crippen molar-refractivity contribution in [2.75, 3.05) is 39.0 Å². The molecule has 1 fully saturated rings. The van der Waals surface area contributed by atoms with Gasteiger partial charge in [0.25, 0.3) is 0 Å². The molecule has 8 heteroatoms. The van der Waals surface area contributed by atoms with Crippen LogP contribution in [0.2, 0.25) is 0 Å². The first-order valence-corrected chi connectivity index (χ1v) is 11.1. The summed E-state index contributed by atoms with van der Waals surface area (Å²) in [6.45, 7) is 11.4. The zero-order valence-electron chi connectivity index (χ0n) is 16.5. The average Bonchev–Trinajstić information content (AvgIpc) is 2.46. The van der Waals surface area contributed by atoms with Crippen molar-refractivity contribution in [2.45, 2.75) is 59.0 Å². The third kappa shape index (κ3) is 8.87. The molecule has 0 unspecified atom stereocenters. The van der Waals surface area contributed by atoms with Gasteiger partial charge in [-0.1, -0.05) is 6.42 Å². The van der Waals surface area contributed by atoms with Crippen molar-refractivity contribution >= 4 is 16.0 Å².